The monoisotopic (exact) mass is 300 g/mol. The summed E-state index contributed by atoms with van der Waals surface area (Å²) in [5, 5.41) is 7.95. The van der Waals surface area contributed by atoms with E-state index in [1.165, 1.54) is 0 Å². The molecule has 0 spiro atoms. The number of nitrogens with zero attached hydrogens (tertiary/aromatic N) is 2. The van der Waals surface area contributed by atoms with Gasteiger partial charge in [0.1, 0.15) is 0 Å². The summed E-state index contributed by atoms with van der Waals surface area (Å²) in [4.78, 5) is 0. The molecule has 0 bridgehead atoms. The lowest BCUT2D eigenvalue weighted by atomic mass is 10.3. The summed E-state index contributed by atoms with van der Waals surface area (Å²) in [7, 11) is 1.81. The van der Waals surface area contributed by atoms with Crippen molar-refractivity contribution in [2.45, 2.75) is 0 Å². The molecule has 0 aliphatic carbocycles. The first-order valence-electron chi connectivity index (χ1n) is 4.58. The molecule has 0 saturated heterocycles. The molecule has 1 aromatic heterocycles. The fraction of sp³-hybridized carbons (Fsp3) is 0.100. The van der Waals surface area contributed by atoms with E-state index >= 15 is 0 Å². The van der Waals surface area contributed by atoms with Crippen molar-refractivity contribution in [1.29, 1.82) is 0 Å². The van der Waals surface area contributed by atoms with Gasteiger partial charge in [0, 0.05) is 13.2 Å². The molecule has 0 radical (unpaired) electrons. The highest BCUT2D eigenvalue weighted by Crippen LogP contribution is 2.32. The lowest BCUT2D eigenvalue weighted by Gasteiger charge is -2.07. The van der Waals surface area contributed by atoms with Crippen molar-refractivity contribution in [3.05, 3.63) is 33.9 Å². The van der Waals surface area contributed by atoms with Gasteiger partial charge >= 0.3 is 0 Å². The largest absolute Gasteiger partial charge is 0.394 e. The molecule has 3 N–H and O–H groups in total. The number of rotatable bonds is 2. The Kier molecular flexibility index (Phi) is 3.07. The van der Waals surface area contributed by atoms with Crippen LogP contribution in [0.2, 0.25) is 5.02 Å². The van der Waals surface area contributed by atoms with Gasteiger partial charge < -0.3 is 11.1 Å². The fourth-order valence-corrected chi connectivity index (χ4v) is 1.87. The first-order valence-corrected chi connectivity index (χ1v) is 5.75. The Morgan fingerprint density at radius 1 is 1.50 bits per heavy atom. The predicted octanol–water partition coefficient (Wildman–Crippen LogP) is 3.16. The maximum atomic E-state index is 5.98. The van der Waals surface area contributed by atoms with Crippen LogP contribution in [0.15, 0.2) is 28.9 Å². The Hall–Kier alpha value is -1.20. The van der Waals surface area contributed by atoms with E-state index in [-0.39, 0.29) is 0 Å². The zero-order valence-electron chi connectivity index (χ0n) is 8.54. The first-order chi connectivity index (χ1) is 7.58. The third kappa shape index (κ3) is 2.15. The lowest BCUT2D eigenvalue weighted by Crippen LogP contribution is -1.96. The SMILES string of the molecule is Cn1cc(N)c(Nc2cccc(Cl)c2Br)n1. The van der Waals surface area contributed by atoms with Crippen molar-refractivity contribution >= 4 is 44.7 Å². The van der Waals surface area contributed by atoms with Gasteiger partial charge in [0.05, 0.1) is 20.9 Å². The molecule has 1 heterocycles. The number of nitrogens with two attached hydrogens (primary N) is 1. The molecule has 0 atom stereocenters. The summed E-state index contributed by atoms with van der Waals surface area (Å²) in [6.45, 7) is 0. The smallest absolute Gasteiger partial charge is 0.175 e. The Morgan fingerprint density at radius 3 is 2.88 bits per heavy atom. The van der Waals surface area contributed by atoms with Crippen LogP contribution in [-0.4, -0.2) is 9.78 Å². The second kappa shape index (κ2) is 4.35. The Bertz CT molecular complexity index is 524. The average molecular weight is 302 g/mol. The summed E-state index contributed by atoms with van der Waals surface area (Å²) < 4.78 is 2.44. The van der Waals surface area contributed by atoms with Crippen LogP contribution in [0, 0.1) is 0 Å². The van der Waals surface area contributed by atoms with Gasteiger partial charge in [-0.2, -0.15) is 5.10 Å². The summed E-state index contributed by atoms with van der Waals surface area (Å²) in [5.74, 6) is 0.616. The van der Waals surface area contributed by atoms with Crippen LogP contribution in [0.3, 0.4) is 0 Å². The molecule has 6 heteroatoms. The number of aryl methyl sites for hydroxylation is 1. The van der Waals surface area contributed by atoms with Crippen molar-refractivity contribution in [2.75, 3.05) is 11.1 Å². The van der Waals surface area contributed by atoms with Gasteiger partial charge in [-0.25, -0.2) is 0 Å². The highest BCUT2D eigenvalue weighted by Gasteiger charge is 2.08. The number of aromatic nitrogens is 2. The van der Waals surface area contributed by atoms with Gasteiger partial charge in [-0.05, 0) is 28.1 Å². The summed E-state index contributed by atoms with van der Waals surface area (Å²) in [6.07, 6.45) is 1.74. The van der Waals surface area contributed by atoms with Gasteiger partial charge in [-0.15, -0.1) is 0 Å². The summed E-state index contributed by atoms with van der Waals surface area (Å²) >= 11 is 9.38. The standard InChI is InChI=1S/C10H10BrClN4/c1-16-5-7(13)10(15-16)14-8-4-2-3-6(12)9(8)11/h2-5H,13H2,1H3,(H,14,15). The van der Waals surface area contributed by atoms with E-state index in [4.69, 9.17) is 17.3 Å². The Morgan fingerprint density at radius 2 is 2.25 bits per heavy atom. The number of hydrogen-bond donors (Lipinski definition) is 2. The molecular weight excluding hydrogens is 291 g/mol. The van der Waals surface area contributed by atoms with E-state index in [0.717, 1.165) is 10.2 Å². The molecule has 0 saturated carbocycles. The van der Waals surface area contributed by atoms with Crippen LogP contribution in [0.1, 0.15) is 0 Å². The predicted molar refractivity (Wildman–Crippen MR) is 70.1 cm³/mol. The van der Waals surface area contributed by atoms with Crippen molar-refractivity contribution in [3.8, 4) is 0 Å². The maximum Gasteiger partial charge on any atom is 0.175 e. The molecule has 2 aromatic rings. The van der Waals surface area contributed by atoms with Gasteiger partial charge in [0.25, 0.3) is 0 Å². The van der Waals surface area contributed by atoms with Crippen LogP contribution < -0.4 is 11.1 Å². The van der Waals surface area contributed by atoms with E-state index in [2.05, 4.69) is 26.3 Å². The van der Waals surface area contributed by atoms with Crippen molar-refractivity contribution < 1.29 is 0 Å². The molecule has 1 aromatic carbocycles. The van der Waals surface area contributed by atoms with E-state index in [1.807, 2.05) is 19.2 Å². The van der Waals surface area contributed by atoms with Crippen molar-refractivity contribution in [1.82, 2.24) is 9.78 Å². The minimum absolute atomic E-state index is 0.592. The number of nitrogens with one attached hydrogen (secondary N) is 1. The third-order valence-electron chi connectivity index (χ3n) is 2.06. The van der Waals surface area contributed by atoms with Gasteiger partial charge in [-0.1, -0.05) is 17.7 Å². The summed E-state index contributed by atoms with van der Waals surface area (Å²) in [6, 6.07) is 5.55. The van der Waals surface area contributed by atoms with Crippen LogP contribution in [0.25, 0.3) is 0 Å². The minimum atomic E-state index is 0.592. The summed E-state index contributed by atoms with van der Waals surface area (Å²) in [5.41, 5.74) is 7.21. The quantitative estimate of drug-likeness (QED) is 0.896. The molecule has 2 rings (SSSR count). The second-order valence-corrected chi connectivity index (χ2v) is 4.53. The van der Waals surface area contributed by atoms with Crippen LogP contribution in [0.4, 0.5) is 17.2 Å². The molecule has 0 unspecified atom stereocenters. The lowest BCUT2D eigenvalue weighted by molar-refractivity contribution is 0.771. The topological polar surface area (TPSA) is 55.9 Å². The van der Waals surface area contributed by atoms with Gasteiger partial charge in [0.15, 0.2) is 5.82 Å². The van der Waals surface area contributed by atoms with E-state index in [0.29, 0.717) is 16.5 Å². The van der Waals surface area contributed by atoms with Gasteiger partial charge in [0.2, 0.25) is 0 Å². The molecule has 0 aliphatic heterocycles. The minimum Gasteiger partial charge on any atom is -0.394 e. The molecule has 16 heavy (non-hydrogen) atoms. The van der Waals surface area contributed by atoms with Crippen molar-refractivity contribution in [3.63, 3.8) is 0 Å². The van der Waals surface area contributed by atoms with E-state index in [1.54, 1.807) is 16.9 Å². The zero-order valence-corrected chi connectivity index (χ0v) is 10.9. The third-order valence-corrected chi connectivity index (χ3v) is 3.46. The molecule has 4 nitrogen and oxygen atoms in total. The number of nitrogen functional groups attached to an aromatic ring is 1. The fourth-order valence-electron chi connectivity index (χ4n) is 1.33. The number of benzene rings is 1. The normalized spacial score (nSPS) is 10.4. The highest BCUT2D eigenvalue weighted by atomic mass is 79.9. The number of anilines is 3. The number of hydrogen-bond acceptors (Lipinski definition) is 3. The van der Waals surface area contributed by atoms with Crippen LogP contribution in [-0.2, 0) is 7.05 Å². The van der Waals surface area contributed by atoms with Crippen LogP contribution >= 0.6 is 27.5 Å². The van der Waals surface area contributed by atoms with Crippen LogP contribution in [0.5, 0.6) is 0 Å². The average Bonchev–Trinajstić information content (AvgIpc) is 2.53. The molecule has 0 amide bonds. The first kappa shape index (κ1) is 11.3. The van der Waals surface area contributed by atoms with E-state index < -0.39 is 0 Å². The Balaban J connectivity index is 2.34. The van der Waals surface area contributed by atoms with Crippen molar-refractivity contribution in [2.24, 2.45) is 7.05 Å². The molecular formula is C10H10BrClN4. The molecule has 0 fully saturated rings. The Labute approximate surface area is 107 Å². The molecule has 84 valence electrons. The second-order valence-electron chi connectivity index (χ2n) is 3.33. The highest BCUT2D eigenvalue weighted by molar-refractivity contribution is 9.10. The maximum absolute atomic E-state index is 5.98. The zero-order chi connectivity index (χ0) is 11.7. The van der Waals surface area contributed by atoms with E-state index in [9.17, 15) is 0 Å². The molecule has 0 aliphatic rings. The number of halogens is 2. The van der Waals surface area contributed by atoms with Gasteiger partial charge in [-0.3, -0.25) is 4.68 Å².